The number of benzene rings is 1. The zero-order valence-electron chi connectivity index (χ0n) is 13.4. The second-order valence-corrected chi connectivity index (χ2v) is 6.09. The number of carbonyl (C=O) groups is 2. The van der Waals surface area contributed by atoms with Crippen LogP contribution in [-0.4, -0.2) is 36.2 Å². The zero-order valence-corrected chi connectivity index (χ0v) is 13.4. The van der Waals surface area contributed by atoms with E-state index in [1.807, 2.05) is 45.0 Å². The van der Waals surface area contributed by atoms with Crippen LogP contribution in [0.4, 0.5) is 4.79 Å². The second-order valence-electron chi connectivity index (χ2n) is 6.09. The molecule has 0 radical (unpaired) electrons. The number of nitrogens with zero attached hydrogens (tertiary/aromatic N) is 1. The smallest absolute Gasteiger partial charge is 0.414 e. The van der Waals surface area contributed by atoms with Crippen molar-refractivity contribution >= 4 is 17.8 Å². The van der Waals surface area contributed by atoms with Gasteiger partial charge in [-0.05, 0) is 32.8 Å². The Labute approximate surface area is 130 Å². The molecular formula is C17H21NO4. The monoisotopic (exact) mass is 303 g/mol. The molecule has 1 amide bonds. The van der Waals surface area contributed by atoms with Crippen LogP contribution in [0.15, 0.2) is 30.3 Å². The molecule has 0 atom stereocenters. The molecule has 0 spiro atoms. The first-order chi connectivity index (χ1) is 10.3. The van der Waals surface area contributed by atoms with Gasteiger partial charge in [-0.2, -0.15) is 0 Å². The highest BCUT2D eigenvalue weighted by Crippen LogP contribution is 2.30. The molecule has 5 heteroatoms. The van der Waals surface area contributed by atoms with Crippen LogP contribution in [0.25, 0.3) is 5.70 Å². The van der Waals surface area contributed by atoms with E-state index in [0.29, 0.717) is 18.7 Å². The van der Waals surface area contributed by atoms with Gasteiger partial charge in [0.2, 0.25) is 0 Å². The maximum absolute atomic E-state index is 12.4. The molecule has 0 saturated heterocycles. The van der Waals surface area contributed by atoms with Crippen LogP contribution in [0.1, 0.15) is 31.9 Å². The predicted octanol–water partition coefficient (Wildman–Crippen LogP) is 2.99. The van der Waals surface area contributed by atoms with Gasteiger partial charge in [-0.25, -0.2) is 9.59 Å². The molecule has 1 aliphatic rings. The van der Waals surface area contributed by atoms with Crippen LogP contribution in [0, 0.1) is 0 Å². The van der Waals surface area contributed by atoms with Gasteiger partial charge in [0.25, 0.3) is 0 Å². The molecule has 118 valence electrons. The van der Waals surface area contributed by atoms with E-state index in [-0.39, 0.29) is 0 Å². The van der Waals surface area contributed by atoms with Gasteiger partial charge < -0.3 is 9.47 Å². The zero-order chi connectivity index (χ0) is 16.3. The van der Waals surface area contributed by atoms with E-state index in [1.165, 1.54) is 18.1 Å². The highest BCUT2D eigenvalue weighted by atomic mass is 16.6. The fraction of sp³-hybridized carbons (Fsp3) is 0.412. The fourth-order valence-corrected chi connectivity index (χ4v) is 2.32. The first kappa shape index (κ1) is 16.1. The third kappa shape index (κ3) is 3.67. The highest BCUT2D eigenvalue weighted by Gasteiger charge is 2.30. The molecule has 0 aromatic heterocycles. The van der Waals surface area contributed by atoms with Gasteiger partial charge in [0.05, 0.1) is 12.8 Å². The molecule has 1 aliphatic heterocycles. The molecule has 0 aliphatic carbocycles. The molecule has 1 heterocycles. The van der Waals surface area contributed by atoms with Crippen molar-refractivity contribution in [3.8, 4) is 0 Å². The van der Waals surface area contributed by atoms with Gasteiger partial charge in [0.1, 0.15) is 5.60 Å². The lowest BCUT2D eigenvalue weighted by Crippen LogP contribution is -2.39. The maximum Gasteiger partial charge on any atom is 0.414 e. The summed E-state index contributed by atoms with van der Waals surface area (Å²) < 4.78 is 10.1. The van der Waals surface area contributed by atoms with Gasteiger partial charge in [0, 0.05) is 18.2 Å². The number of hydrogen-bond acceptors (Lipinski definition) is 4. The molecular weight excluding hydrogens is 282 g/mol. The van der Waals surface area contributed by atoms with Crippen molar-refractivity contribution in [2.45, 2.75) is 32.8 Å². The van der Waals surface area contributed by atoms with Gasteiger partial charge in [-0.15, -0.1) is 0 Å². The Bertz CT molecular complexity index is 613. The van der Waals surface area contributed by atoms with E-state index < -0.39 is 17.7 Å². The Balaban J connectivity index is 2.40. The summed E-state index contributed by atoms with van der Waals surface area (Å²) in [6.45, 7) is 5.90. The van der Waals surface area contributed by atoms with Gasteiger partial charge in [0.15, 0.2) is 0 Å². The van der Waals surface area contributed by atoms with Crippen molar-refractivity contribution in [2.75, 3.05) is 13.7 Å². The van der Waals surface area contributed by atoms with Gasteiger partial charge >= 0.3 is 12.1 Å². The first-order valence-corrected chi connectivity index (χ1v) is 7.20. The number of fused-ring (bicyclic) bond motifs is 1. The van der Waals surface area contributed by atoms with E-state index in [2.05, 4.69) is 0 Å². The Morgan fingerprint density at radius 3 is 2.55 bits per heavy atom. The van der Waals surface area contributed by atoms with E-state index in [0.717, 1.165) is 11.1 Å². The number of methoxy groups -OCH3 is 1. The third-order valence-electron chi connectivity index (χ3n) is 3.26. The minimum Gasteiger partial charge on any atom is -0.466 e. The van der Waals surface area contributed by atoms with Gasteiger partial charge in [-0.1, -0.05) is 24.3 Å². The summed E-state index contributed by atoms with van der Waals surface area (Å²) in [6, 6.07) is 7.70. The molecule has 0 saturated carbocycles. The van der Waals surface area contributed by atoms with E-state index >= 15 is 0 Å². The minimum atomic E-state index is -0.593. The van der Waals surface area contributed by atoms with Crippen molar-refractivity contribution < 1.29 is 19.1 Å². The van der Waals surface area contributed by atoms with Crippen molar-refractivity contribution in [1.82, 2.24) is 4.90 Å². The number of amides is 1. The number of ether oxygens (including phenoxy) is 2. The summed E-state index contributed by atoms with van der Waals surface area (Å²) in [7, 11) is 1.31. The van der Waals surface area contributed by atoms with Crippen LogP contribution in [-0.2, 0) is 20.7 Å². The maximum atomic E-state index is 12.4. The summed E-state index contributed by atoms with van der Waals surface area (Å²) in [4.78, 5) is 25.6. The van der Waals surface area contributed by atoms with E-state index in [4.69, 9.17) is 9.47 Å². The molecule has 0 fully saturated rings. The van der Waals surface area contributed by atoms with E-state index in [9.17, 15) is 9.59 Å². The lowest BCUT2D eigenvalue weighted by atomic mass is 9.96. The van der Waals surface area contributed by atoms with Crippen molar-refractivity contribution in [1.29, 1.82) is 0 Å². The van der Waals surface area contributed by atoms with Crippen molar-refractivity contribution in [3.05, 3.63) is 41.5 Å². The quantitative estimate of drug-likeness (QED) is 0.591. The molecule has 1 aromatic carbocycles. The molecule has 22 heavy (non-hydrogen) atoms. The Morgan fingerprint density at radius 1 is 1.23 bits per heavy atom. The summed E-state index contributed by atoms with van der Waals surface area (Å²) >= 11 is 0. The Kier molecular flexibility index (Phi) is 4.54. The average molecular weight is 303 g/mol. The summed E-state index contributed by atoms with van der Waals surface area (Å²) in [5, 5.41) is 0. The highest BCUT2D eigenvalue weighted by molar-refractivity contribution is 5.95. The normalized spacial score (nSPS) is 16.2. The molecule has 0 bridgehead atoms. The van der Waals surface area contributed by atoms with Crippen LogP contribution >= 0.6 is 0 Å². The summed E-state index contributed by atoms with van der Waals surface area (Å²) in [5.74, 6) is -0.500. The predicted molar refractivity (Wildman–Crippen MR) is 83.1 cm³/mol. The summed E-state index contributed by atoms with van der Waals surface area (Å²) in [5.41, 5.74) is 1.87. The number of carbonyl (C=O) groups excluding carboxylic acids is 2. The standard InChI is InChI=1S/C17H21NO4/c1-17(2,3)22-16(20)18-10-9-12-7-5-6-8-13(12)14(18)11-15(19)21-4/h5-8,11H,9-10H2,1-4H3. The topological polar surface area (TPSA) is 55.8 Å². The largest absolute Gasteiger partial charge is 0.466 e. The van der Waals surface area contributed by atoms with Crippen LogP contribution in [0.2, 0.25) is 0 Å². The lowest BCUT2D eigenvalue weighted by Gasteiger charge is -2.33. The lowest BCUT2D eigenvalue weighted by molar-refractivity contribution is -0.134. The molecule has 2 rings (SSSR count). The fourth-order valence-electron chi connectivity index (χ4n) is 2.32. The van der Waals surface area contributed by atoms with Crippen LogP contribution < -0.4 is 0 Å². The number of hydrogen-bond donors (Lipinski definition) is 0. The van der Waals surface area contributed by atoms with Crippen LogP contribution in [0.5, 0.6) is 0 Å². The minimum absolute atomic E-state index is 0.461. The van der Waals surface area contributed by atoms with E-state index in [1.54, 1.807) is 0 Å². The summed E-state index contributed by atoms with van der Waals surface area (Å²) in [6.07, 6.45) is 1.59. The number of esters is 1. The third-order valence-corrected chi connectivity index (χ3v) is 3.26. The van der Waals surface area contributed by atoms with Gasteiger partial charge in [-0.3, -0.25) is 4.90 Å². The Morgan fingerprint density at radius 2 is 1.91 bits per heavy atom. The molecule has 5 nitrogen and oxygen atoms in total. The van der Waals surface area contributed by atoms with Crippen molar-refractivity contribution in [2.24, 2.45) is 0 Å². The second kappa shape index (κ2) is 6.22. The van der Waals surface area contributed by atoms with Crippen LogP contribution in [0.3, 0.4) is 0 Å². The van der Waals surface area contributed by atoms with Crippen molar-refractivity contribution in [3.63, 3.8) is 0 Å². The average Bonchev–Trinajstić information content (AvgIpc) is 2.45. The Hall–Kier alpha value is -2.30. The first-order valence-electron chi connectivity index (χ1n) is 7.20. The SMILES string of the molecule is COC(=O)C=C1c2ccccc2CCN1C(=O)OC(C)(C)C. The molecule has 0 N–H and O–H groups in total. The molecule has 1 aromatic rings. The molecule has 0 unspecified atom stereocenters. The number of rotatable bonds is 1.